The smallest absolute Gasteiger partial charge is 0.170 e. The molecule has 0 aliphatic carbocycles. The number of rotatable bonds is 3. The third kappa shape index (κ3) is 2.23. The first-order valence-electron chi connectivity index (χ1n) is 4.60. The fraction of sp³-hybridized carbons (Fsp3) is 0.182. The van der Waals surface area contributed by atoms with E-state index in [1.165, 1.54) is 0 Å². The van der Waals surface area contributed by atoms with Crippen molar-refractivity contribution in [3.63, 3.8) is 0 Å². The van der Waals surface area contributed by atoms with Gasteiger partial charge in [-0.05, 0) is 18.2 Å². The molecule has 0 N–H and O–H groups in total. The molecular weight excluding hydrogens is 293 g/mol. The van der Waals surface area contributed by atoms with Crippen LogP contribution in [0.15, 0.2) is 28.8 Å². The van der Waals surface area contributed by atoms with Crippen LogP contribution in [0.3, 0.4) is 0 Å². The lowest BCUT2D eigenvalue weighted by molar-refractivity contribution is 0.404. The first-order valence-corrected chi connectivity index (χ1v) is 6.10. The summed E-state index contributed by atoms with van der Waals surface area (Å²) in [4.78, 5) is 0. The Hall–Kier alpha value is -1.00. The largest absolute Gasteiger partial charge is 0.496 e. The normalized spacial score (nSPS) is 10.4. The third-order valence-corrected chi connectivity index (χ3v) is 2.93. The van der Waals surface area contributed by atoms with Gasteiger partial charge in [0, 0.05) is 16.4 Å². The zero-order valence-corrected chi connectivity index (χ0v) is 10.9. The van der Waals surface area contributed by atoms with Crippen LogP contribution in [0.4, 0.5) is 0 Å². The summed E-state index contributed by atoms with van der Waals surface area (Å²) in [5.74, 6) is 1.36. The van der Waals surface area contributed by atoms with Crippen molar-refractivity contribution in [2.75, 3.05) is 7.11 Å². The molecule has 3 nitrogen and oxygen atoms in total. The van der Waals surface area contributed by atoms with Crippen molar-refractivity contribution < 1.29 is 9.26 Å². The Bertz CT molecular complexity index is 498. The number of benzene rings is 1. The maximum atomic E-state index is 5.94. The predicted molar refractivity (Wildman–Crippen MR) is 66.1 cm³/mol. The van der Waals surface area contributed by atoms with Gasteiger partial charge in [0.1, 0.15) is 5.75 Å². The zero-order valence-electron chi connectivity index (χ0n) is 8.54. The van der Waals surface area contributed by atoms with Gasteiger partial charge in [0.05, 0.1) is 18.4 Å². The van der Waals surface area contributed by atoms with Crippen LogP contribution >= 0.6 is 27.5 Å². The Labute approximate surface area is 106 Å². The monoisotopic (exact) mass is 301 g/mol. The Morgan fingerprint density at radius 2 is 2.25 bits per heavy atom. The summed E-state index contributed by atoms with van der Waals surface area (Å²) in [6.45, 7) is 0. The van der Waals surface area contributed by atoms with Gasteiger partial charge in [0.25, 0.3) is 0 Å². The first kappa shape index (κ1) is 11.5. The highest BCUT2D eigenvalue weighted by molar-refractivity contribution is 9.08. The molecule has 0 fully saturated rings. The van der Waals surface area contributed by atoms with Crippen LogP contribution in [0.5, 0.6) is 5.75 Å². The van der Waals surface area contributed by atoms with Gasteiger partial charge in [-0.2, -0.15) is 0 Å². The Morgan fingerprint density at radius 3 is 2.88 bits per heavy atom. The van der Waals surface area contributed by atoms with Gasteiger partial charge in [0.15, 0.2) is 5.76 Å². The summed E-state index contributed by atoms with van der Waals surface area (Å²) in [6, 6.07) is 7.21. The minimum absolute atomic E-state index is 0.632. The lowest BCUT2D eigenvalue weighted by atomic mass is 10.1. The van der Waals surface area contributed by atoms with Crippen LogP contribution in [0.25, 0.3) is 11.3 Å². The highest BCUT2D eigenvalue weighted by Crippen LogP contribution is 2.32. The minimum atomic E-state index is 0.632. The number of methoxy groups -OCH3 is 1. The van der Waals surface area contributed by atoms with Gasteiger partial charge in [-0.1, -0.05) is 32.7 Å². The molecule has 0 saturated heterocycles. The van der Waals surface area contributed by atoms with Crippen molar-refractivity contribution in [1.29, 1.82) is 0 Å². The third-order valence-electron chi connectivity index (χ3n) is 2.12. The van der Waals surface area contributed by atoms with Gasteiger partial charge in [-0.25, -0.2) is 0 Å². The molecule has 0 aliphatic heterocycles. The summed E-state index contributed by atoms with van der Waals surface area (Å²) in [7, 11) is 1.61. The lowest BCUT2D eigenvalue weighted by Gasteiger charge is -2.05. The Morgan fingerprint density at radius 1 is 1.44 bits per heavy atom. The van der Waals surface area contributed by atoms with Crippen LogP contribution in [0, 0.1) is 0 Å². The van der Waals surface area contributed by atoms with Crippen molar-refractivity contribution in [2.45, 2.75) is 5.33 Å². The maximum absolute atomic E-state index is 5.94. The number of ether oxygens (including phenoxy) is 1. The lowest BCUT2D eigenvalue weighted by Crippen LogP contribution is -1.86. The summed E-state index contributed by atoms with van der Waals surface area (Å²) < 4.78 is 10.5. The number of hydrogen-bond acceptors (Lipinski definition) is 3. The van der Waals surface area contributed by atoms with Gasteiger partial charge < -0.3 is 9.26 Å². The summed E-state index contributed by atoms with van der Waals surface area (Å²) >= 11 is 9.25. The number of aromatic nitrogens is 1. The molecule has 0 saturated carbocycles. The highest BCUT2D eigenvalue weighted by Gasteiger charge is 2.12. The number of alkyl halides is 1. The van der Waals surface area contributed by atoms with Crippen LogP contribution < -0.4 is 4.74 Å². The molecule has 0 amide bonds. The zero-order chi connectivity index (χ0) is 11.5. The SMILES string of the molecule is COc1ccc(Cl)cc1-c1cc(CBr)no1. The van der Waals surface area contributed by atoms with E-state index in [0.717, 1.165) is 11.3 Å². The molecule has 1 aromatic carbocycles. The number of hydrogen-bond donors (Lipinski definition) is 0. The van der Waals surface area contributed by atoms with E-state index in [-0.39, 0.29) is 0 Å². The number of halogens is 2. The molecule has 2 aromatic rings. The second-order valence-electron chi connectivity index (χ2n) is 3.16. The second-order valence-corrected chi connectivity index (χ2v) is 4.16. The summed E-state index contributed by atoms with van der Waals surface area (Å²) in [6.07, 6.45) is 0. The summed E-state index contributed by atoms with van der Waals surface area (Å²) in [5, 5.41) is 5.18. The van der Waals surface area contributed by atoms with Crippen molar-refractivity contribution in [3.05, 3.63) is 35.0 Å². The van der Waals surface area contributed by atoms with Crippen molar-refractivity contribution in [3.8, 4) is 17.1 Å². The van der Waals surface area contributed by atoms with Crippen LogP contribution in [0.1, 0.15) is 5.69 Å². The van der Waals surface area contributed by atoms with E-state index in [9.17, 15) is 0 Å². The second kappa shape index (κ2) is 4.89. The van der Waals surface area contributed by atoms with Gasteiger partial charge in [-0.15, -0.1) is 0 Å². The van der Waals surface area contributed by atoms with Crippen LogP contribution in [0.2, 0.25) is 5.02 Å². The number of nitrogens with zero attached hydrogens (tertiary/aromatic N) is 1. The molecule has 1 aromatic heterocycles. The topological polar surface area (TPSA) is 35.3 Å². The van der Waals surface area contributed by atoms with E-state index in [1.54, 1.807) is 25.3 Å². The Balaban J connectivity index is 2.49. The van der Waals surface area contributed by atoms with E-state index < -0.39 is 0 Å². The quantitative estimate of drug-likeness (QED) is 0.807. The summed E-state index contributed by atoms with van der Waals surface area (Å²) in [5.41, 5.74) is 1.63. The van der Waals surface area contributed by atoms with Crippen LogP contribution in [-0.4, -0.2) is 12.3 Å². The molecule has 0 radical (unpaired) electrons. The first-order chi connectivity index (χ1) is 7.74. The average Bonchev–Trinajstić information content (AvgIpc) is 2.77. The van der Waals surface area contributed by atoms with Gasteiger partial charge in [0.2, 0.25) is 0 Å². The fourth-order valence-electron chi connectivity index (χ4n) is 1.37. The van der Waals surface area contributed by atoms with E-state index in [1.807, 2.05) is 6.07 Å². The molecule has 0 spiro atoms. The average molecular weight is 303 g/mol. The predicted octanol–water partition coefficient (Wildman–Crippen LogP) is 3.90. The maximum Gasteiger partial charge on any atom is 0.170 e. The molecule has 0 atom stereocenters. The van der Waals surface area contributed by atoms with E-state index in [0.29, 0.717) is 21.9 Å². The van der Waals surface area contributed by atoms with Crippen LogP contribution in [-0.2, 0) is 5.33 Å². The molecule has 0 bridgehead atoms. The molecule has 0 unspecified atom stereocenters. The molecule has 2 rings (SSSR count). The molecule has 5 heteroatoms. The molecule has 1 heterocycles. The molecule has 84 valence electrons. The van der Waals surface area contributed by atoms with E-state index >= 15 is 0 Å². The molecule has 0 aliphatic rings. The van der Waals surface area contributed by atoms with Gasteiger partial charge >= 0.3 is 0 Å². The van der Waals surface area contributed by atoms with E-state index in [4.69, 9.17) is 20.9 Å². The molecular formula is C11H9BrClNO2. The highest BCUT2D eigenvalue weighted by atomic mass is 79.9. The van der Waals surface area contributed by atoms with Crippen molar-refractivity contribution >= 4 is 27.5 Å². The van der Waals surface area contributed by atoms with E-state index in [2.05, 4.69) is 21.1 Å². The minimum Gasteiger partial charge on any atom is -0.496 e. The Kier molecular flexibility index (Phi) is 3.51. The fourth-order valence-corrected chi connectivity index (χ4v) is 1.81. The standard InChI is InChI=1S/C11H9BrClNO2/c1-15-10-3-2-7(13)4-9(10)11-5-8(6-12)14-16-11/h2-5H,6H2,1H3. The van der Waals surface area contributed by atoms with Crippen molar-refractivity contribution in [1.82, 2.24) is 5.16 Å². The molecule has 16 heavy (non-hydrogen) atoms. The van der Waals surface area contributed by atoms with Crippen molar-refractivity contribution in [2.24, 2.45) is 0 Å². The van der Waals surface area contributed by atoms with Gasteiger partial charge in [-0.3, -0.25) is 0 Å².